The van der Waals surface area contributed by atoms with Crippen molar-refractivity contribution in [3.05, 3.63) is 119 Å². The van der Waals surface area contributed by atoms with E-state index in [0.717, 1.165) is 59.1 Å². The molecule has 326 valence electrons. The molecule has 4 rings (SSSR count). The molecule has 0 spiro atoms. The number of carbonyl (C=O) groups excluding carboxylic acids is 3. The second-order valence-corrected chi connectivity index (χ2v) is 15.2. The molecular weight excluding hydrogens is 780 g/mol. The van der Waals surface area contributed by atoms with Gasteiger partial charge in [-0.05, 0) is 70.2 Å². The summed E-state index contributed by atoms with van der Waals surface area (Å²) in [4.78, 5) is 53.1. The summed E-state index contributed by atoms with van der Waals surface area (Å²) in [6.45, 7) is 12.1. The molecule has 0 aromatic heterocycles. The summed E-state index contributed by atoms with van der Waals surface area (Å²) < 4.78 is 4.99. The number of carboxylic acids is 1. The maximum atomic E-state index is 12.9. The zero-order valence-corrected chi connectivity index (χ0v) is 37.4. The summed E-state index contributed by atoms with van der Waals surface area (Å²) in [6.07, 6.45) is 4.07. The molecule has 0 heterocycles. The Balaban J connectivity index is 0.00000115. The number of esters is 1. The third kappa shape index (κ3) is 15.9. The number of nitrogens with zero attached hydrogens (tertiary/aromatic N) is 4. The van der Waals surface area contributed by atoms with Crippen LogP contribution in [0, 0.1) is 34.5 Å². The van der Waals surface area contributed by atoms with E-state index in [9.17, 15) is 34.8 Å². The normalized spacial score (nSPS) is 11.1. The van der Waals surface area contributed by atoms with Gasteiger partial charge in [0, 0.05) is 25.9 Å². The van der Waals surface area contributed by atoms with Crippen LogP contribution in [0.3, 0.4) is 0 Å². The van der Waals surface area contributed by atoms with Gasteiger partial charge in [0.15, 0.2) is 0 Å². The first-order valence-electron chi connectivity index (χ1n) is 20.4. The fourth-order valence-electron chi connectivity index (χ4n) is 6.92. The predicted molar refractivity (Wildman–Crippen MR) is 236 cm³/mol. The molecule has 0 bridgehead atoms. The molecule has 0 saturated carbocycles. The Labute approximate surface area is 379 Å². The van der Waals surface area contributed by atoms with E-state index in [0.29, 0.717) is 30.5 Å². The summed E-state index contributed by atoms with van der Waals surface area (Å²) in [7, 11) is 1.36. The van der Waals surface area contributed by atoms with E-state index in [1.165, 1.54) is 12.0 Å². The Morgan fingerprint density at radius 1 is 0.629 bits per heavy atom. The van der Waals surface area contributed by atoms with Crippen molar-refractivity contribution in [3.63, 3.8) is 0 Å². The van der Waals surface area contributed by atoms with Gasteiger partial charge >= 0.3 is 30.8 Å². The molecular formula is C49H61LiN4O8. The number of carbonyl (C=O) groups is 4. The molecule has 13 heteroatoms. The van der Waals surface area contributed by atoms with Crippen molar-refractivity contribution in [3.8, 4) is 34.4 Å². The smallest absolute Gasteiger partial charge is 0.870 e. The molecule has 0 saturated heterocycles. The van der Waals surface area contributed by atoms with Crippen molar-refractivity contribution in [2.24, 2.45) is 11.8 Å². The molecule has 2 atom stereocenters. The van der Waals surface area contributed by atoms with Crippen molar-refractivity contribution in [1.82, 2.24) is 9.80 Å². The number of hydrogen-bond donors (Lipinski definition) is 1. The average Bonchev–Trinajstić information content (AvgIpc) is 3.24. The summed E-state index contributed by atoms with van der Waals surface area (Å²) >= 11 is 0. The molecule has 4 N–H and O–H groups in total. The molecule has 62 heavy (non-hydrogen) atoms. The van der Waals surface area contributed by atoms with E-state index in [4.69, 9.17) is 4.74 Å². The second-order valence-electron chi connectivity index (χ2n) is 15.2. The van der Waals surface area contributed by atoms with Crippen LogP contribution in [-0.2, 0) is 37.0 Å². The zero-order chi connectivity index (χ0) is 43.5. The molecule has 0 fully saturated rings. The van der Waals surface area contributed by atoms with Crippen LogP contribution >= 0.6 is 0 Å². The first kappa shape index (κ1) is 56.3. The monoisotopic (exact) mass is 840 g/mol. The Morgan fingerprint density at radius 3 is 1.29 bits per heavy atom. The maximum Gasteiger partial charge on any atom is 1.00 e. The molecule has 0 aliphatic rings. The molecule has 12 nitrogen and oxygen atoms in total. The van der Waals surface area contributed by atoms with Gasteiger partial charge in [-0.2, -0.15) is 10.5 Å². The van der Waals surface area contributed by atoms with Crippen molar-refractivity contribution in [2.75, 3.05) is 7.11 Å². The van der Waals surface area contributed by atoms with E-state index < -0.39 is 24.0 Å². The van der Waals surface area contributed by atoms with Crippen LogP contribution in [0.15, 0.2) is 97.1 Å². The molecule has 2 amide bonds. The van der Waals surface area contributed by atoms with Gasteiger partial charge in [0.1, 0.15) is 12.1 Å². The summed E-state index contributed by atoms with van der Waals surface area (Å²) in [6, 6.07) is 33.1. The number of amides is 2. The van der Waals surface area contributed by atoms with Gasteiger partial charge in [-0.1, -0.05) is 139 Å². The second kappa shape index (κ2) is 28.7. The molecule has 0 unspecified atom stereocenters. The van der Waals surface area contributed by atoms with Gasteiger partial charge in [-0.3, -0.25) is 9.59 Å². The van der Waals surface area contributed by atoms with Crippen LogP contribution in [0.1, 0.15) is 102 Å². The number of nitriles is 2. The van der Waals surface area contributed by atoms with Crippen LogP contribution in [0.2, 0.25) is 0 Å². The van der Waals surface area contributed by atoms with Crippen LogP contribution in [0.25, 0.3) is 22.3 Å². The number of benzene rings is 4. The molecule has 0 aliphatic carbocycles. The molecule has 4 aromatic rings. The predicted octanol–water partition coefficient (Wildman–Crippen LogP) is 5.80. The van der Waals surface area contributed by atoms with Gasteiger partial charge in [0.25, 0.3) is 0 Å². The molecule has 0 aliphatic heterocycles. The van der Waals surface area contributed by atoms with Gasteiger partial charge in [-0.25, -0.2) is 9.59 Å². The molecule has 0 radical (unpaired) electrons. The summed E-state index contributed by atoms with van der Waals surface area (Å²) in [5.41, 5.74) is 6.57. The number of methoxy groups -OCH3 is 1. The van der Waals surface area contributed by atoms with Crippen LogP contribution in [0.4, 0.5) is 0 Å². The van der Waals surface area contributed by atoms with Crippen molar-refractivity contribution >= 4 is 23.8 Å². The SMILES string of the molecule is CCCCC(=O)N(Cc1ccc(-c2ccccc2C#N)cc1)[C@H](C(=O)O)C(C)C.CCCCC(=O)N(Cc1ccc(-c2ccccc2C#N)cc1)[C@H](C(=O)OC)C(C)C.O.[Li+].[OH-]. The minimum Gasteiger partial charge on any atom is -0.870 e. The van der Waals surface area contributed by atoms with Gasteiger partial charge < -0.3 is 30.6 Å². The number of ether oxygens (including phenoxy) is 1. The van der Waals surface area contributed by atoms with Gasteiger partial charge in [0.05, 0.1) is 30.4 Å². The van der Waals surface area contributed by atoms with Gasteiger partial charge in [0.2, 0.25) is 11.8 Å². The van der Waals surface area contributed by atoms with Gasteiger partial charge in [-0.15, -0.1) is 0 Å². The van der Waals surface area contributed by atoms with E-state index in [-0.39, 0.29) is 60.0 Å². The van der Waals surface area contributed by atoms with Crippen molar-refractivity contribution in [2.45, 2.75) is 105 Å². The minimum absolute atomic E-state index is 0. The number of aliphatic carboxylic acids is 1. The number of hydrogen-bond acceptors (Lipinski definition) is 8. The standard InChI is InChI=1S/C25H30N2O3.C24H28N2O3.Li.2H2O/c1-5-6-11-23(28)27(24(18(2)3)25(29)30-4)17-19-12-14-20(15-13-19)22-10-8-7-9-21(22)16-26;1-4-5-10-22(27)26(23(17(2)3)24(28)29)16-18-11-13-19(14-12-18)21-9-7-6-8-20(21)15-25;;;/h7-10,12-15,18,24H,5-6,11,17H2,1-4H3;6-9,11-14,17,23H,4-5,10,16H2,1-3H3,(H,28,29);;2*1H2/q;;+1;;/p-1/t24-;23-;;;/m00.../s1. The summed E-state index contributed by atoms with van der Waals surface area (Å²) in [5, 5.41) is 28.3. The maximum absolute atomic E-state index is 12.9. The Hall–Kier alpha value is -5.74. The fourth-order valence-corrected chi connectivity index (χ4v) is 6.92. The summed E-state index contributed by atoms with van der Waals surface area (Å²) in [5.74, 6) is -1.81. The molecule has 4 aromatic carbocycles. The Morgan fingerprint density at radius 2 is 0.984 bits per heavy atom. The third-order valence-corrected chi connectivity index (χ3v) is 10.1. The fraction of sp³-hybridized carbons (Fsp3) is 0.388. The number of carboxylic acid groups (broad SMARTS) is 1. The Kier molecular flexibility index (Phi) is 26.1. The van der Waals surface area contributed by atoms with Crippen molar-refractivity contribution in [1.29, 1.82) is 10.5 Å². The minimum atomic E-state index is -0.982. The zero-order valence-electron chi connectivity index (χ0n) is 37.4. The van der Waals surface area contributed by atoms with E-state index in [2.05, 4.69) is 12.1 Å². The first-order chi connectivity index (χ1) is 28.3. The number of rotatable bonds is 18. The van der Waals surface area contributed by atoms with Crippen molar-refractivity contribution < 1.29 is 58.8 Å². The topological polar surface area (TPSA) is 213 Å². The van der Waals surface area contributed by atoms with Crippen LogP contribution < -0.4 is 18.9 Å². The van der Waals surface area contributed by atoms with Crippen LogP contribution in [-0.4, -0.2) is 68.8 Å². The van der Waals surface area contributed by atoms with E-state index in [1.807, 2.05) is 126 Å². The number of unbranched alkanes of at least 4 members (excludes halogenated alkanes) is 2. The third-order valence-electron chi connectivity index (χ3n) is 10.1. The first-order valence-corrected chi connectivity index (χ1v) is 20.4. The average molecular weight is 841 g/mol. The van der Waals surface area contributed by atoms with Crippen LogP contribution in [0.5, 0.6) is 0 Å². The quantitative estimate of drug-likeness (QED) is 0.0946. The largest absolute Gasteiger partial charge is 1.00 e. The van der Waals surface area contributed by atoms with E-state index >= 15 is 0 Å². The van der Waals surface area contributed by atoms with E-state index in [1.54, 1.807) is 17.0 Å². The Bertz CT molecular complexity index is 2090.